The number of nitrogens with two attached hydrogens (primary N) is 1. The number of rotatable bonds is 4. The third-order valence-corrected chi connectivity index (χ3v) is 3.27. The van der Waals surface area contributed by atoms with Crippen LogP contribution in [0.5, 0.6) is 17.4 Å². The van der Waals surface area contributed by atoms with Crippen LogP contribution in [0.4, 0.5) is 0 Å². The average molecular weight is 302 g/mol. The number of ether oxygens (including phenoxy) is 3. The van der Waals surface area contributed by atoms with Crippen LogP contribution in [-0.2, 0) is 6.61 Å². The van der Waals surface area contributed by atoms with Gasteiger partial charge >= 0.3 is 0 Å². The Bertz CT molecular complexity index is 703. The van der Waals surface area contributed by atoms with Gasteiger partial charge in [0.15, 0.2) is 11.5 Å². The van der Waals surface area contributed by atoms with Crippen LogP contribution in [0.3, 0.4) is 0 Å². The summed E-state index contributed by atoms with van der Waals surface area (Å²) in [5, 5.41) is 0. The highest BCUT2D eigenvalue weighted by Gasteiger charge is 2.13. The van der Waals surface area contributed by atoms with Crippen molar-refractivity contribution < 1.29 is 14.2 Å². The van der Waals surface area contributed by atoms with E-state index in [2.05, 4.69) is 4.98 Å². The molecule has 6 heteroatoms. The Kier molecular flexibility index (Phi) is 3.62. The molecule has 2 aromatic rings. The Morgan fingerprint density at radius 3 is 2.90 bits per heavy atom. The number of nitrogens with zero attached hydrogens (tertiary/aromatic N) is 1. The summed E-state index contributed by atoms with van der Waals surface area (Å²) >= 11 is 4.98. The Hall–Kier alpha value is -2.34. The zero-order valence-electron chi connectivity index (χ0n) is 11.5. The van der Waals surface area contributed by atoms with Crippen molar-refractivity contribution in [2.75, 3.05) is 6.79 Å². The van der Waals surface area contributed by atoms with Gasteiger partial charge in [0.1, 0.15) is 11.6 Å². The lowest BCUT2D eigenvalue weighted by Gasteiger charge is -2.08. The van der Waals surface area contributed by atoms with Crippen molar-refractivity contribution in [3.8, 4) is 17.4 Å². The second kappa shape index (κ2) is 5.57. The van der Waals surface area contributed by atoms with Gasteiger partial charge in [-0.05, 0) is 30.7 Å². The molecule has 0 saturated heterocycles. The van der Waals surface area contributed by atoms with Gasteiger partial charge in [0.2, 0.25) is 12.7 Å². The Balaban J connectivity index is 1.74. The number of thiocarbonyl (C=S) groups is 1. The molecule has 0 amide bonds. The molecule has 0 bridgehead atoms. The monoisotopic (exact) mass is 302 g/mol. The molecule has 2 N–H and O–H groups in total. The van der Waals surface area contributed by atoms with Gasteiger partial charge in [0.05, 0.1) is 0 Å². The number of aryl methyl sites for hydroxylation is 1. The summed E-state index contributed by atoms with van der Waals surface area (Å²) in [6.45, 7) is 2.51. The van der Waals surface area contributed by atoms with E-state index in [1.165, 1.54) is 0 Å². The molecular formula is C15H14N2O3S. The summed E-state index contributed by atoms with van der Waals surface area (Å²) < 4.78 is 16.3. The highest BCUT2D eigenvalue weighted by Crippen LogP contribution is 2.32. The molecule has 0 atom stereocenters. The molecule has 5 nitrogen and oxygen atoms in total. The van der Waals surface area contributed by atoms with E-state index in [0.717, 1.165) is 28.3 Å². The molecule has 2 heterocycles. The van der Waals surface area contributed by atoms with Crippen molar-refractivity contribution in [3.05, 3.63) is 47.2 Å². The zero-order chi connectivity index (χ0) is 14.8. The van der Waals surface area contributed by atoms with Gasteiger partial charge in [-0.1, -0.05) is 18.3 Å². The average Bonchev–Trinajstić information content (AvgIpc) is 2.92. The number of aromatic nitrogens is 1. The quantitative estimate of drug-likeness (QED) is 0.874. The van der Waals surface area contributed by atoms with Crippen molar-refractivity contribution in [1.29, 1.82) is 0 Å². The van der Waals surface area contributed by atoms with E-state index in [0.29, 0.717) is 17.5 Å². The van der Waals surface area contributed by atoms with Crippen LogP contribution >= 0.6 is 12.2 Å². The maximum absolute atomic E-state index is 5.70. The fourth-order valence-corrected chi connectivity index (χ4v) is 2.16. The largest absolute Gasteiger partial charge is 0.473 e. The normalized spacial score (nSPS) is 12.2. The van der Waals surface area contributed by atoms with Gasteiger partial charge in [0.25, 0.3) is 0 Å². The third kappa shape index (κ3) is 3.05. The Labute approximate surface area is 127 Å². The molecule has 108 valence electrons. The first-order valence-corrected chi connectivity index (χ1v) is 6.82. The molecule has 0 aliphatic carbocycles. The standard InChI is InChI=1S/C15H14N2O3S/c1-9-4-11(15(16)21)6-14(17-9)18-7-10-2-3-12-13(5-10)20-8-19-12/h2-6H,7-8H2,1H3,(H2,16,21). The molecular weight excluding hydrogens is 288 g/mol. The molecule has 1 aromatic heterocycles. The molecule has 0 unspecified atom stereocenters. The fraction of sp³-hybridized carbons (Fsp3) is 0.200. The Morgan fingerprint density at radius 1 is 1.29 bits per heavy atom. The number of hydrogen-bond donors (Lipinski definition) is 1. The van der Waals surface area contributed by atoms with Crippen molar-refractivity contribution >= 4 is 17.2 Å². The van der Waals surface area contributed by atoms with Crippen LogP contribution < -0.4 is 19.9 Å². The molecule has 1 aliphatic rings. The van der Waals surface area contributed by atoms with E-state index in [9.17, 15) is 0 Å². The molecule has 3 rings (SSSR count). The van der Waals surface area contributed by atoms with Gasteiger partial charge in [-0.2, -0.15) is 0 Å². The number of fused-ring (bicyclic) bond motifs is 1. The maximum Gasteiger partial charge on any atom is 0.231 e. The predicted octanol–water partition coefficient (Wildman–Crippen LogP) is 2.33. The second-order valence-electron chi connectivity index (χ2n) is 4.68. The smallest absolute Gasteiger partial charge is 0.231 e. The van der Waals surface area contributed by atoms with Crippen LogP contribution in [-0.4, -0.2) is 16.8 Å². The highest BCUT2D eigenvalue weighted by atomic mass is 32.1. The number of hydrogen-bond acceptors (Lipinski definition) is 5. The molecule has 21 heavy (non-hydrogen) atoms. The molecule has 0 saturated carbocycles. The minimum absolute atomic E-state index is 0.260. The minimum Gasteiger partial charge on any atom is -0.473 e. The first-order valence-electron chi connectivity index (χ1n) is 6.41. The summed E-state index contributed by atoms with van der Waals surface area (Å²) in [4.78, 5) is 4.64. The van der Waals surface area contributed by atoms with Gasteiger partial charge in [0, 0.05) is 17.3 Å². The summed E-state index contributed by atoms with van der Waals surface area (Å²) in [6.07, 6.45) is 0. The van der Waals surface area contributed by atoms with Crippen LogP contribution in [0.25, 0.3) is 0 Å². The Morgan fingerprint density at radius 2 is 2.10 bits per heavy atom. The molecule has 0 fully saturated rings. The van der Waals surface area contributed by atoms with Crippen molar-refractivity contribution in [3.63, 3.8) is 0 Å². The van der Waals surface area contributed by atoms with Crippen LogP contribution in [0.15, 0.2) is 30.3 Å². The lowest BCUT2D eigenvalue weighted by molar-refractivity contribution is 0.174. The SMILES string of the molecule is Cc1cc(C(N)=S)cc(OCc2ccc3c(c2)OCO3)n1. The van der Waals surface area contributed by atoms with E-state index >= 15 is 0 Å². The van der Waals surface area contributed by atoms with E-state index in [4.69, 9.17) is 32.2 Å². The van der Waals surface area contributed by atoms with Gasteiger partial charge in [-0.15, -0.1) is 0 Å². The van der Waals surface area contributed by atoms with Crippen molar-refractivity contribution in [2.45, 2.75) is 13.5 Å². The van der Waals surface area contributed by atoms with Crippen molar-refractivity contribution in [1.82, 2.24) is 4.98 Å². The predicted molar refractivity (Wildman–Crippen MR) is 81.8 cm³/mol. The first-order chi connectivity index (χ1) is 10.1. The highest BCUT2D eigenvalue weighted by molar-refractivity contribution is 7.80. The lowest BCUT2D eigenvalue weighted by atomic mass is 10.2. The van der Waals surface area contributed by atoms with E-state index in [-0.39, 0.29) is 6.79 Å². The minimum atomic E-state index is 0.260. The van der Waals surface area contributed by atoms with E-state index in [1.807, 2.05) is 31.2 Å². The summed E-state index contributed by atoms with van der Waals surface area (Å²) in [6, 6.07) is 9.26. The van der Waals surface area contributed by atoms with E-state index in [1.54, 1.807) is 6.07 Å². The molecule has 1 aliphatic heterocycles. The van der Waals surface area contributed by atoms with Crippen LogP contribution in [0.2, 0.25) is 0 Å². The molecule has 1 aromatic carbocycles. The lowest BCUT2D eigenvalue weighted by Crippen LogP contribution is -2.10. The summed E-state index contributed by atoms with van der Waals surface area (Å²) in [5.74, 6) is 1.98. The van der Waals surface area contributed by atoms with Gasteiger partial charge < -0.3 is 19.9 Å². The number of pyridine rings is 1. The third-order valence-electron chi connectivity index (χ3n) is 3.04. The zero-order valence-corrected chi connectivity index (χ0v) is 12.3. The molecule has 0 spiro atoms. The summed E-state index contributed by atoms with van der Waals surface area (Å²) in [5.41, 5.74) is 8.16. The topological polar surface area (TPSA) is 66.6 Å². The maximum atomic E-state index is 5.70. The summed E-state index contributed by atoms with van der Waals surface area (Å²) in [7, 11) is 0. The van der Waals surface area contributed by atoms with E-state index < -0.39 is 0 Å². The van der Waals surface area contributed by atoms with Crippen LogP contribution in [0.1, 0.15) is 16.8 Å². The van der Waals surface area contributed by atoms with Gasteiger partial charge in [-0.3, -0.25) is 0 Å². The van der Waals surface area contributed by atoms with Crippen molar-refractivity contribution in [2.24, 2.45) is 5.73 Å². The molecule has 0 radical (unpaired) electrons. The van der Waals surface area contributed by atoms with Crippen LogP contribution in [0, 0.1) is 6.92 Å². The fourth-order valence-electron chi connectivity index (χ4n) is 2.04. The second-order valence-corrected chi connectivity index (χ2v) is 5.12. The van der Waals surface area contributed by atoms with Gasteiger partial charge in [-0.25, -0.2) is 4.98 Å². The first kappa shape index (κ1) is 13.6. The number of benzene rings is 1.